The minimum atomic E-state index is -0.177. The van der Waals surface area contributed by atoms with Crippen molar-refractivity contribution in [3.63, 3.8) is 0 Å². The van der Waals surface area contributed by atoms with Gasteiger partial charge in [0.2, 0.25) is 5.91 Å². The van der Waals surface area contributed by atoms with E-state index in [0.717, 1.165) is 40.8 Å². The number of hydrogen-bond acceptors (Lipinski definition) is 5. The van der Waals surface area contributed by atoms with Crippen molar-refractivity contribution >= 4 is 23.4 Å². The summed E-state index contributed by atoms with van der Waals surface area (Å²) in [5.74, 6) is 2.55. The molecular formula is C28H26N4O2S. The third-order valence-corrected chi connectivity index (χ3v) is 7.43. The maximum absolute atomic E-state index is 13.7. The smallest absolute Gasteiger partial charge is 0.238 e. The van der Waals surface area contributed by atoms with Gasteiger partial charge in [0, 0.05) is 5.92 Å². The molecule has 7 heteroatoms. The van der Waals surface area contributed by atoms with Crippen LogP contribution in [0.4, 0.5) is 5.69 Å². The van der Waals surface area contributed by atoms with Gasteiger partial charge in [0.05, 0.1) is 24.0 Å². The Kier molecular flexibility index (Phi) is 6.00. The number of benzene rings is 3. The van der Waals surface area contributed by atoms with Crippen LogP contribution in [0.1, 0.15) is 41.8 Å². The second-order valence-corrected chi connectivity index (χ2v) is 9.89. The average Bonchev–Trinajstić information content (AvgIpc) is 3.69. The minimum Gasteiger partial charge on any atom is -0.489 e. The van der Waals surface area contributed by atoms with E-state index >= 15 is 0 Å². The molecule has 3 aromatic carbocycles. The van der Waals surface area contributed by atoms with E-state index in [1.165, 1.54) is 17.3 Å². The summed E-state index contributed by atoms with van der Waals surface area (Å²) >= 11 is 1.46. The monoisotopic (exact) mass is 482 g/mol. The van der Waals surface area contributed by atoms with Crippen LogP contribution in [0.5, 0.6) is 5.75 Å². The van der Waals surface area contributed by atoms with Crippen LogP contribution in [-0.2, 0) is 11.3 Å². The van der Waals surface area contributed by atoms with E-state index in [2.05, 4.69) is 26.9 Å². The van der Waals surface area contributed by atoms with E-state index in [4.69, 9.17) is 4.74 Å². The van der Waals surface area contributed by atoms with Crippen molar-refractivity contribution in [1.82, 2.24) is 14.8 Å². The quantitative estimate of drug-likeness (QED) is 0.327. The van der Waals surface area contributed by atoms with E-state index in [-0.39, 0.29) is 17.7 Å². The van der Waals surface area contributed by atoms with Gasteiger partial charge in [-0.25, -0.2) is 0 Å². The van der Waals surface area contributed by atoms with Gasteiger partial charge in [-0.3, -0.25) is 9.69 Å². The molecule has 1 amide bonds. The Labute approximate surface area is 208 Å². The number of ether oxygens (including phenoxy) is 1. The van der Waals surface area contributed by atoms with Gasteiger partial charge >= 0.3 is 0 Å². The lowest BCUT2D eigenvalue weighted by Gasteiger charge is -2.37. The van der Waals surface area contributed by atoms with Crippen LogP contribution in [0.25, 0.3) is 0 Å². The summed E-state index contributed by atoms with van der Waals surface area (Å²) in [5, 5.41) is 9.80. The fourth-order valence-corrected chi connectivity index (χ4v) is 5.38. The Bertz CT molecular complexity index is 1320. The summed E-state index contributed by atoms with van der Waals surface area (Å²) in [5.41, 5.74) is 3.07. The molecule has 35 heavy (non-hydrogen) atoms. The van der Waals surface area contributed by atoms with Gasteiger partial charge in [0.1, 0.15) is 18.2 Å². The summed E-state index contributed by atoms with van der Waals surface area (Å²) in [6, 6.07) is 28.0. The zero-order valence-electron chi connectivity index (χ0n) is 19.3. The second-order valence-electron chi connectivity index (χ2n) is 8.94. The molecule has 1 unspecified atom stereocenters. The lowest BCUT2D eigenvalue weighted by atomic mass is 10.0. The highest BCUT2D eigenvalue weighted by Crippen LogP contribution is 2.41. The highest BCUT2D eigenvalue weighted by molar-refractivity contribution is 7.99. The molecule has 4 aromatic rings. The highest BCUT2D eigenvalue weighted by Gasteiger charge is 2.34. The van der Waals surface area contributed by atoms with Gasteiger partial charge in [0.15, 0.2) is 5.16 Å². The minimum absolute atomic E-state index is 0.0295. The van der Waals surface area contributed by atoms with Gasteiger partial charge in [-0.15, -0.1) is 10.2 Å². The first-order valence-electron chi connectivity index (χ1n) is 12.0. The molecule has 1 aliphatic carbocycles. The van der Waals surface area contributed by atoms with Crippen molar-refractivity contribution in [2.45, 2.75) is 36.5 Å². The molecule has 1 aliphatic heterocycles. The third kappa shape index (κ3) is 4.56. The van der Waals surface area contributed by atoms with Crippen LogP contribution in [0.3, 0.4) is 0 Å². The zero-order chi connectivity index (χ0) is 23.6. The van der Waals surface area contributed by atoms with Gasteiger partial charge in [0.25, 0.3) is 0 Å². The molecule has 1 atom stereocenters. The van der Waals surface area contributed by atoms with Gasteiger partial charge in [-0.1, -0.05) is 84.6 Å². The molecule has 176 valence electrons. The molecule has 6 rings (SSSR count). The Morgan fingerprint density at radius 1 is 0.914 bits per heavy atom. The molecule has 0 spiro atoms. The first kappa shape index (κ1) is 21.9. The summed E-state index contributed by atoms with van der Waals surface area (Å²) in [4.78, 5) is 15.6. The molecule has 0 N–H and O–H groups in total. The standard InChI is InChI=1S/C28H26N4O2S/c33-26(32-23-13-7-8-14-25(23)34-18-24(32)21-11-5-2-6-12-21)19-35-28-30-29-27(22-15-16-22)31(28)17-20-9-3-1-4-10-20/h1-14,22,24H,15-19H2. The molecule has 2 heterocycles. The molecule has 1 aromatic heterocycles. The Balaban J connectivity index is 1.26. The summed E-state index contributed by atoms with van der Waals surface area (Å²) in [7, 11) is 0. The van der Waals surface area contributed by atoms with Crippen molar-refractivity contribution in [2.24, 2.45) is 0 Å². The fourth-order valence-electron chi connectivity index (χ4n) is 4.58. The number of anilines is 1. The molecule has 0 bridgehead atoms. The first-order chi connectivity index (χ1) is 17.3. The zero-order valence-corrected chi connectivity index (χ0v) is 20.1. The third-order valence-electron chi connectivity index (χ3n) is 6.48. The van der Waals surface area contributed by atoms with Crippen molar-refractivity contribution in [1.29, 1.82) is 0 Å². The molecule has 1 fully saturated rings. The van der Waals surface area contributed by atoms with E-state index in [1.807, 2.05) is 77.7 Å². The van der Waals surface area contributed by atoms with Crippen LogP contribution in [0, 0.1) is 0 Å². The van der Waals surface area contributed by atoms with Gasteiger partial charge in [-0.05, 0) is 36.1 Å². The van der Waals surface area contributed by atoms with Crippen LogP contribution < -0.4 is 9.64 Å². The molecule has 1 saturated carbocycles. The van der Waals surface area contributed by atoms with E-state index in [1.54, 1.807) is 0 Å². The maximum Gasteiger partial charge on any atom is 0.238 e. The number of thioether (sulfide) groups is 1. The number of para-hydroxylation sites is 2. The topological polar surface area (TPSA) is 60.2 Å². The highest BCUT2D eigenvalue weighted by atomic mass is 32.2. The molecule has 0 saturated heterocycles. The number of nitrogens with zero attached hydrogens (tertiary/aromatic N) is 4. The van der Waals surface area contributed by atoms with E-state index in [0.29, 0.717) is 19.1 Å². The van der Waals surface area contributed by atoms with E-state index in [9.17, 15) is 4.79 Å². The second kappa shape index (κ2) is 9.58. The van der Waals surface area contributed by atoms with Crippen LogP contribution in [0.2, 0.25) is 0 Å². The van der Waals surface area contributed by atoms with Crippen molar-refractivity contribution < 1.29 is 9.53 Å². The lowest BCUT2D eigenvalue weighted by molar-refractivity contribution is -0.117. The van der Waals surface area contributed by atoms with Crippen molar-refractivity contribution in [3.05, 3.63) is 102 Å². The number of rotatable bonds is 7. The largest absolute Gasteiger partial charge is 0.489 e. The predicted octanol–water partition coefficient (Wildman–Crippen LogP) is 5.46. The maximum atomic E-state index is 13.7. The van der Waals surface area contributed by atoms with Crippen LogP contribution >= 0.6 is 11.8 Å². The number of carbonyl (C=O) groups is 1. The fraction of sp³-hybridized carbons (Fsp3) is 0.250. The normalized spacial score (nSPS) is 17.0. The molecular weight excluding hydrogens is 456 g/mol. The molecule has 0 radical (unpaired) electrons. The predicted molar refractivity (Wildman–Crippen MR) is 137 cm³/mol. The average molecular weight is 483 g/mol. The van der Waals surface area contributed by atoms with Gasteiger partial charge in [-0.2, -0.15) is 0 Å². The van der Waals surface area contributed by atoms with Crippen LogP contribution in [-0.4, -0.2) is 33.0 Å². The van der Waals surface area contributed by atoms with Gasteiger partial charge < -0.3 is 9.30 Å². The Hall–Kier alpha value is -3.58. The number of carbonyl (C=O) groups excluding carboxylic acids is 1. The van der Waals surface area contributed by atoms with Crippen molar-refractivity contribution in [3.8, 4) is 5.75 Å². The summed E-state index contributed by atoms with van der Waals surface area (Å²) < 4.78 is 8.22. The molecule has 2 aliphatic rings. The summed E-state index contributed by atoms with van der Waals surface area (Å²) in [6.07, 6.45) is 2.31. The Morgan fingerprint density at radius 3 is 2.40 bits per heavy atom. The number of fused-ring (bicyclic) bond motifs is 1. The Morgan fingerprint density at radius 2 is 1.63 bits per heavy atom. The number of hydrogen-bond donors (Lipinski definition) is 0. The lowest BCUT2D eigenvalue weighted by Crippen LogP contribution is -2.42. The molecule has 6 nitrogen and oxygen atoms in total. The summed E-state index contributed by atoms with van der Waals surface area (Å²) in [6.45, 7) is 1.14. The number of amides is 1. The SMILES string of the molecule is O=C(CSc1nnc(C2CC2)n1Cc1ccccc1)N1c2ccccc2OCC1c1ccccc1. The van der Waals surface area contributed by atoms with E-state index < -0.39 is 0 Å². The first-order valence-corrected chi connectivity index (χ1v) is 12.9. The number of aromatic nitrogens is 3. The van der Waals surface area contributed by atoms with Crippen molar-refractivity contribution in [2.75, 3.05) is 17.3 Å². The van der Waals surface area contributed by atoms with Crippen LogP contribution in [0.15, 0.2) is 90.1 Å².